The first-order chi connectivity index (χ1) is 8.65. The number of Topliss-reactive ketones (excluding diaryl/α,β-unsaturated/α-hetero) is 1. The minimum absolute atomic E-state index is 0.0341. The molecule has 0 aromatic carbocycles. The molecule has 0 radical (unpaired) electrons. The third-order valence-corrected chi connectivity index (χ3v) is 3.13. The van der Waals surface area contributed by atoms with Gasteiger partial charge in [-0.05, 0) is 19.8 Å². The molecule has 1 heterocycles. The molecule has 2 rings (SSSR count). The van der Waals surface area contributed by atoms with Gasteiger partial charge in [-0.1, -0.05) is 0 Å². The summed E-state index contributed by atoms with van der Waals surface area (Å²) >= 11 is 0. The van der Waals surface area contributed by atoms with Crippen molar-refractivity contribution in [2.24, 2.45) is 0 Å². The Morgan fingerprint density at radius 1 is 1.44 bits per heavy atom. The molecule has 0 unspecified atom stereocenters. The quantitative estimate of drug-likeness (QED) is 0.788. The second kappa shape index (κ2) is 5.35. The fourth-order valence-corrected chi connectivity index (χ4v) is 2.23. The zero-order valence-electron chi connectivity index (χ0n) is 10.4. The Labute approximate surface area is 105 Å². The van der Waals surface area contributed by atoms with E-state index in [1.807, 2.05) is 0 Å². The first-order valence-electron chi connectivity index (χ1n) is 6.19. The second-order valence-corrected chi connectivity index (χ2v) is 4.46. The molecule has 0 spiro atoms. The third-order valence-electron chi connectivity index (χ3n) is 3.13. The van der Waals surface area contributed by atoms with E-state index < -0.39 is 0 Å². The molecule has 5 heteroatoms. The fourth-order valence-electron chi connectivity index (χ4n) is 2.23. The summed E-state index contributed by atoms with van der Waals surface area (Å²) in [7, 11) is 0. The maximum atomic E-state index is 11.9. The highest BCUT2D eigenvalue weighted by molar-refractivity contribution is 6.03. The molecular formula is C13H17NO4. The lowest BCUT2D eigenvalue weighted by Gasteiger charge is -2.07. The van der Waals surface area contributed by atoms with Crippen LogP contribution in [0.5, 0.6) is 0 Å². The van der Waals surface area contributed by atoms with Crippen LogP contribution in [0.3, 0.4) is 0 Å². The summed E-state index contributed by atoms with van der Waals surface area (Å²) in [5.74, 6) is 0.610. The molecule has 18 heavy (non-hydrogen) atoms. The van der Waals surface area contributed by atoms with Crippen molar-refractivity contribution in [3.63, 3.8) is 0 Å². The van der Waals surface area contributed by atoms with Crippen molar-refractivity contribution < 1.29 is 19.1 Å². The van der Waals surface area contributed by atoms with E-state index in [2.05, 4.69) is 5.32 Å². The van der Waals surface area contributed by atoms with Crippen LogP contribution >= 0.6 is 0 Å². The van der Waals surface area contributed by atoms with Crippen LogP contribution in [0, 0.1) is 6.92 Å². The van der Waals surface area contributed by atoms with Gasteiger partial charge in [0.1, 0.15) is 5.76 Å². The highest BCUT2D eigenvalue weighted by Crippen LogP contribution is 2.29. The van der Waals surface area contributed by atoms with Gasteiger partial charge in [-0.25, -0.2) is 0 Å². The molecule has 0 saturated carbocycles. The average molecular weight is 251 g/mol. The van der Waals surface area contributed by atoms with Crippen LogP contribution in [-0.2, 0) is 6.42 Å². The van der Waals surface area contributed by atoms with E-state index in [4.69, 9.17) is 9.52 Å². The highest BCUT2D eigenvalue weighted by atomic mass is 16.4. The molecule has 1 amide bonds. The van der Waals surface area contributed by atoms with Gasteiger partial charge < -0.3 is 14.8 Å². The Morgan fingerprint density at radius 3 is 2.89 bits per heavy atom. The Hall–Kier alpha value is -1.62. The minimum atomic E-state index is -0.317. The number of ketones is 1. The number of furan rings is 1. The predicted molar refractivity (Wildman–Crippen MR) is 64.7 cm³/mol. The van der Waals surface area contributed by atoms with Gasteiger partial charge in [-0.2, -0.15) is 0 Å². The zero-order chi connectivity index (χ0) is 13.1. The summed E-state index contributed by atoms with van der Waals surface area (Å²) in [6, 6.07) is 0. The Balaban J connectivity index is 2.19. The van der Waals surface area contributed by atoms with Crippen molar-refractivity contribution in [3.05, 3.63) is 22.6 Å². The molecule has 0 bridgehead atoms. The number of aryl methyl sites for hydroxylation is 1. The number of rotatable bonds is 4. The highest BCUT2D eigenvalue weighted by Gasteiger charge is 2.28. The molecule has 1 aliphatic carbocycles. The average Bonchev–Trinajstić information content (AvgIpc) is 2.68. The van der Waals surface area contributed by atoms with E-state index in [1.165, 1.54) is 0 Å². The molecule has 2 N–H and O–H groups in total. The summed E-state index contributed by atoms with van der Waals surface area (Å²) in [5.41, 5.74) is 1.23. The fraction of sp³-hybridized carbons (Fsp3) is 0.538. The van der Waals surface area contributed by atoms with Crippen LogP contribution in [0.1, 0.15) is 51.5 Å². The van der Waals surface area contributed by atoms with Crippen molar-refractivity contribution in [2.45, 2.75) is 32.6 Å². The molecule has 5 nitrogen and oxygen atoms in total. The van der Waals surface area contributed by atoms with Gasteiger partial charge in [0.15, 0.2) is 11.5 Å². The largest absolute Gasteiger partial charge is 0.455 e. The standard InChI is InChI=1S/C13H17NO4/c1-8-11-9(16)4-2-5-10(11)18-12(8)13(17)14-6-3-7-15/h15H,2-7H2,1H3,(H,14,17). The maximum absolute atomic E-state index is 11.9. The van der Waals surface area contributed by atoms with Gasteiger partial charge in [0.2, 0.25) is 0 Å². The maximum Gasteiger partial charge on any atom is 0.287 e. The number of amides is 1. The lowest BCUT2D eigenvalue weighted by atomic mass is 9.94. The topological polar surface area (TPSA) is 79.5 Å². The van der Waals surface area contributed by atoms with Crippen LogP contribution < -0.4 is 5.32 Å². The van der Waals surface area contributed by atoms with Crippen LogP contribution in [-0.4, -0.2) is 29.9 Å². The van der Waals surface area contributed by atoms with Crippen molar-refractivity contribution in [1.82, 2.24) is 5.32 Å². The summed E-state index contributed by atoms with van der Waals surface area (Å²) in [4.78, 5) is 23.6. The lowest BCUT2D eigenvalue weighted by molar-refractivity contribution is 0.0917. The number of aliphatic hydroxyl groups is 1. The number of carbonyl (C=O) groups excluding carboxylic acids is 2. The molecule has 1 aliphatic rings. The predicted octanol–water partition coefficient (Wildman–Crippen LogP) is 1.22. The summed E-state index contributed by atoms with van der Waals surface area (Å²) < 4.78 is 5.50. The third kappa shape index (κ3) is 2.31. The summed E-state index contributed by atoms with van der Waals surface area (Å²) in [6.07, 6.45) is 2.53. The molecule has 0 aliphatic heterocycles. The smallest absolute Gasteiger partial charge is 0.287 e. The molecule has 0 fully saturated rings. The Bertz CT molecular complexity index is 476. The Kier molecular flexibility index (Phi) is 3.81. The van der Waals surface area contributed by atoms with Crippen molar-refractivity contribution in [3.8, 4) is 0 Å². The second-order valence-electron chi connectivity index (χ2n) is 4.46. The van der Waals surface area contributed by atoms with Gasteiger partial charge in [0.25, 0.3) is 5.91 Å². The van der Waals surface area contributed by atoms with Gasteiger partial charge in [-0.15, -0.1) is 0 Å². The molecule has 1 aromatic rings. The summed E-state index contributed by atoms with van der Waals surface area (Å²) in [5, 5.41) is 11.3. The summed E-state index contributed by atoms with van der Waals surface area (Å²) in [6.45, 7) is 2.17. The van der Waals surface area contributed by atoms with E-state index in [0.717, 1.165) is 6.42 Å². The van der Waals surface area contributed by atoms with Crippen molar-refractivity contribution in [2.75, 3.05) is 13.2 Å². The van der Waals surface area contributed by atoms with E-state index in [-0.39, 0.29) is 24.1 Å². The van der Waals surface area contributed by atoms with Crippen LogP contribution in [0.2, 0.25) is 0 Å². The van der Waals surface area contributed by atoms with Gasteiger partial charge in [-0.3, -0.25) is 9.59 Å². The number of aliphatic hydroxyl groups excluding tert-OH is 1. The van der Waals surface area contributed by atoms with E-state index >= 15 is 0 Å². The Morgan fingerprint density at radius 2 is 2.22 bits per heavy atom. The van der Waals surface area contributed by atoms with Crippen molar-refractivity contribution in [1.29, 1.82) is 0 Å². The first-order valence-corrected chi connectivity index (χ1v) is 6.19. The number of carbonyl (C=O) groups is 2. The molecule has 98 valence electrons. The normalized spacial score (nSPS) is 14.4. The number of hydrogen-bond acceptors (Lipinski definition) is 4. The lowest BCUT2D eigenvalue weighted by Crippen LogP contribution is -2.25. The molecule has 1 aromatic heterocycles. The van der Waals surface area contributed by atoms with E-state index in [9.17, 15) is 9.59 Å². The molecule has 0 atom stereocenters. The van der Waals surface area contributed by atoms with Crippen LogP contribution in [0.4, 0.5) is 0 Å². The number of hydrogen-bond donors (Lipinski definition) is 2. The number of fused-ring (bicyclic) bond motifs is 1. The molecular weight excluding hydrogens is 234 g/mol. The van der Waals surface area contributed by atoms with Gasteiger partial charge in [0, 0.05) is 31.6 Å². The van der Waals surface area contributed by atoms with E-state index in [0.29, 0.717) is 42.7 Å². The zero-order valence-corrected chi connectivity index (χ0v) is 10.4. The monoisotopic (exact) mass is 251 g/mol. The van der Waals surface area contributed by atoms with Gasteiger partial charge in [0.05, 0.1) is 5.56 Å². The molecule has 0 saturated heterocycles. The minimum Gasteiger partial charge on any atom is -0.455 e. The van der Waals surface area contributed by atoms with Gasteiger partial charge >= 0.3 is 0 Å². The van der Waals surface area contributed by atoms with E-state index in [1.54, 1.807) is 6.92 Å². The van der Waals surface area contributed by atoms with Crippen LogP contribution in [0.15, 0.2) is 4.42 Å². The van der Waals surface area contributed by atoms with Crippen molar-refractivity contribution >= 4 is 11.7 Å². The first kappa shape index (κ1) is 12.8. The SMILES string of the molecule is Cc1c(C(=O)NCCCO)oc2c1C(=O)CCC2. The number of nitrogens with one attached hydrogen (secondary N) is 1. The van der Waals surface area contributed by atoms with Crippen LogP contribution in [0.25, 0.3) is 0 Å².